The zero-order valence-corrected chi connectivity index (χ0v) is 20.3. The van der Waals surface area contributed by atoms with E-state index in [9.17, 15) is 9.90 Å². The summed E-state index contributed by atoms with van der Waals surface area (Å²) in [5.41, 5.74) is 2.86. The molecule has 0 unspecified atom stereocenters. The Balaban J connectivity index is 1.35. The number of aromatic nitrogens is 2. The molecule has 35 heavy (non-hydrogen) atoms. The summed E-state index contributed by atoms with van der Waals surface area (Å²) in [5.74, 6) is 1.30. The Morgan fingerprint density at radius 3 is 2.54 bits per heavy atom. The SMILES string of the molecule is COc1cc(CCc2nc(N3CCN(CCOc4ccccc4)CC3)ncc2C(=O)O)ccc1C. The van der Waals surface area contributed by atoms with Crippen molar-refractivity contribution in [2.75, 3.05) is 51.3 Å². The van der Waals surface area contributed by atoms with Crippen molar-refractivity contribution in [2.45, 2.75) is 19.8 Å². The number of ether oxygens (including phenoxy) is 2. The smallest absolute Gasteiger partial charge is 0.339 e. The average Bonchev–Trinajstić information content (AvgIpc) is 2.89. The standard InChI is InChI=1S/C27H32N4O4/c1-20-8-9-21(18-25(20)34-2)10-11-24-23(26(32)33)19-28-27(29-24)31-14-12-30(13-15-31)16-17-35-22-6-4-3-5-7-22/h3-9,18-19H,10-17H2,1-2H3,(H,32,33). The topological polar surface area (TPSA) is 88.0 Å². The van der Waals surface area contributed by atoms with E-state index in [1.165, 1.54) is 6.20 Å². The van der Waals surface area contributed by atoms with Crippen LogP contribution in [-0.4, -0.2) is 72.4 Å². The number of carboxylic acid groups (broad SMARTS) is 1. The Morgan fingerprint density at radius 1 is 1.06 bits per heavy atom. The Hall–Kier alpha value is -3.65. The number of anilines is 1. The van der Waals surface area contributed by atoms with Crippen molar-refractivity contribution >= 4 is 11.9 Å². The van der Waals surface area contributed by atoms with Crippen LogP contribution in [0.25, 0.3) is 0 Å². The Kier molecular flexibility index (Phi) is 8.15. The summed E-state index contributed by atoms with van der Waals surface area (Å²) in [4.78, 5) is 25.3. The monoisotopic (exact) mass is 476 g/mol. The first-order valence-corrected chi connectivity index (χ1v) is 11.9. The van der Waals surface area contributed by atoms with E-state index >= 15 is 0 Å². The van der Waals surface area contributed by atoms with Crippen LogP contribution >= 0.6 is 0 Å². The molecule has 184 valence electrons. The molecule has 0 atom stereocenters. The van der Waals surface area contributed by atoms with Crippen LogP contribution in [0.1, 0.15) is 27.2 Å². The molecule has 0 bridgehead atoms. The number of carbonyl (C=O) groups is 1. The number of hydrogen-bond donors (Lipinski definition) is 1. The van der Waals surface area contributed by atoms with E-state index in [0.717, 1.165) is 55.3 Å². The van der Waals surface area contributed by atoms with Crippen molar-refractivity contribution in [1.29, 1.82) is 0 Å². The number of piperazine rings is 1. The number of rotatable bonds is 10. The van der Waals surface area contributed by atoms with Gasteiger partial charge in [0.15, 0.2) is 0 Å². The Bertz CT molecular complexity index is 1130. The molecule has 1 aliphatic rings. The van der Waals surface area contributed by atoms with Crippen molar-refractivity contribution in [3.05, 3.63) is 77.1 Å². The zero-order valence-electron chi connectivity index (χ0n) is 20.3. The van der Waals surface area contributed by atoms with E-state index in [2.05, 4.69) is 19.8 Å². The summed E-state index contributed by atoms with van der Waals surface area (Å²) >= 11 is 0. The number of hydrogen-bond acceptors (Lipinski definition) is 7. The second-order valence-electron chi connectivity index (χ2n) is 8.63. The lowest BCUT2D eigenvalue weighted by Gasteiger charge is -2.34. The normalized spacial score (nSPS) is 14.1. The summed E-state index contributed by atoms with van der Waals surface area (Å²) in [7, 11) is 1.65. The number of aromatic carboxylic acids is 1. The molecule has 0 aliphatic carbocycles. The van der Waals surface area contributed by atoms with Crippen LogP contribution in [0.4, 0.5) is 5.95 Å². The van der Waals surface area contributed by atoms with Crippen molar-refractivity contribution in [2.24, 2.45) is 0 Å². The molecule has 4 rings (SSSR count). The molecule has 0 spiro atoms. The van der Waals surface area contributed by atoms with Crippen LogP contribution in [0.15, 0.2) is 54.7 Å². The van der Waals surface area contributed by atoms with Crippen LogP contribution in [0, 0.1) is 6.92 Å². The van der Waals surface area contributed by atoms with Gasteiger partial charge in [0.1, 0.15) is 18.1 Å². The van der Waals surface area contributed by atoms with Gasteiger partial charge in [-0.3, -0.25) is 4.90 Å². The molecule has 1 fully saturated rings. The van der Waals surface area contributed by atoms with Crippen molar-refractivity contribution in [3.63, 3.8) is 0 Å². The number of methoxy groups -OCH3 is 1. The van der Waals surface area contributed by atoms with E-state index in [1.807, 2.05) is 55.5 Å². The molecule has 0 amide bonds. The molecule has 1 aromatic heterocycles. The van der Waals surface area contributed by atoms with Crippen LogP contribution in [-0.2, 0) is 12.8 Å². The van der Waals surface area contributed by atoms with Gasteiger partial charge in [0.2, 0.25) is 5.95 Å². The highest BCUT2D eigenvalue weighted by molar-refractivity contribution is 5.88. The number of nitrogens with zero attached hydrogens (tertiary/aromatic N) is 4. The number of carboxylic acids is 1. The first-order chi connectivity index (χ1) is 17.0. The quantitative estimate of drug-likeness (QED) is 0.476. The number of aryl methyl sites for hydroxylation is 3. The minimum atomic E-state index is -1.00. The van der Waals surface area contributed by atoms with Crippen molar-refractivity contribution in [1.82, 2.24) is 14.9 Å². The molecule has 1 aliphatic heterocycles. The number of para-hydroxylation sites is 1. The molecule has 2 heterocycles. The van der Waals surface area contributed by atoms with Gasteiger partial charge in [0.25, 0.3) is 0 Å². The number of benzene rings is 2. The highest BCUT2D eigenvalue weighted by atomic mass is 16.5. The molecule has 2 aromatic carbocycles. The van der Waals surface area contributed by atoms with Gasteiger partial charge in [-0.15, -0.1) is 0 Å². The molecule has 8 heteroatoms. The molecular weight excluding hydrogens is 444 g/mol. The summed E-state index contributed by atoms with van der Waals surface area (Å²) in [6.45, 7) is 6.81. The fraction of sp³-hybridized carbons (Fsp3) is 0.370. The first kappa shape index (κ1) is 24.5. The third-order valence-electron chi connectivity index (χ3n) is 6.28. The second kappa shape index (κ2) is 11.7. The van der Waals surface area contributed by atoms with Gasteiger partial charge in [0.05, 0.1) is 18.4 Å². The lowest BCUT2D eigenvalue weighted by Crippen LogP contribution is -2.48. The van der Waals surface area contributed by atoms with Gasteiger partial charge in [0, 0.05) is 38.9 Å². The van der Waals surface area contributed by atoms with E-state index in [4.69, 9.17) is 9.47 Å². The average molecular weight is 477 g/mol. The minimum absolute atomic E-state index is 0.157. The first-order valence-electron chi connectivity index (χ1n) is 11.9. The predicted molar refractivity (Wildman–Crippen MR) is 135 cm³/mol. The third-order valence-corrected chi connectivity index (χ3v) is 6.28. The van der Waals surface area contributed by atoms with Gasteiger partial charge in [-0.2, -0.15) is 0 Å². The maximum atomic E-state index is 11.8. The molecular formula is C27H32N4O4. The fourth-order valence-electron chi connectivity index (χ4n) is 4.19. The molecule has 8 nitrogen and oxygen atoms in total. The van der Waals surface area contributed by atoms with Gasteiger partial charge in [-0.05, 0) is 49.1 Å². The summed E-state index contributed by atoms with van der Waals surface area (Å²) in [5, 5.41) is 9.65. The lowest BCUT2D eigenvalue weighted by atomic mass is 10.0. The molecule has 3 aromatic rings. The van der Waals surface area contributed by atoms with Gasteiger partial charge >= 0.3 is 5.97 Å². The largest absolute Gasteiger partial charge is 0.496 e. The van der Waals surface area contributed by atoms with E-state index in [0.29, 0.717) is 31.1 Å². The highest BCUT2D eigenvalue weighted by Gasteiger charge is 2.21. The Morgan fingerprint density at radius 2 is 1.83 bits per heavy atom. The minimum Gasteiger partial charge on any atom is -0.496 e. The predicted octanol–water partition coefficient (Wildman–Crippen LogP) is 3.48. The van der Waals surface area contributed by atoms with Crippen LogP contribution in [0.3, 0.4) is 0 Å². The zero-order chi connectivity index (χ0) is 24.6. The van der Waals surface area contributed by atoms with Gasteiger partial charge < -0.3 is 19.5 Å². The summed E-state index contributed by atoms with van der Waals surface area (Å²) in [6, 6.07) is 15.9. The lowest BCUT2D eigenvalue weighted by molar-refractivity contribution is 0.0694. The van der Waals surface area contributed by atoms with E-state index in [1.54, 1.807) is 7.11 Å². The van der Waals surface area contributed by atoms with Gasteiger partial charge in [-0.25, -0.2) is 14.8 Å². The molecule has 1 saturated heterocycles. The molecule has 1 N–H and O–H groups in total. The van der Waals surface area contributed by atoms with E-state index < -0.39 is 5.97 Å². The fourth-order valence-corrected chi connectivity index (χ4v) is 4.19. The Labute approximate surface area is 206 Å². The maximum Gasteiger partial charge on any atom is 0.339 e. The van der Waals surface area contributed by atoms with E-state index in [-0.39, 0.29) is 5.56 Å². The van der Waals surface area contributed by atoms with Crippen molar-refractivity contribution < 1.29 is 19.4 Å². The maximum absolute atomic E-state index is 11.8. The highest BCUT2D eigenvalue weighted by Crippen LogP contribution is 2.21. The molecule has 0 saturated carbocycles. The van der Waals surface area contributed by atoms with Crippen LogP contribution < -0.4 is 14.4 Å². The summed E-state index contributed by atoms with van der Waals surface area (Å²) < 4.78 is 11.2. The second-order valence-corrected chi connectivity index (χ2v) is 8.63. The van der Waals surface area contributed by atoms with Gasteiger partial charge in [-0.1, -0.05) is 30.3 Å². The molecule has 0 radical (unpaired) electrons. The van der Waals surface area contributed by atoms with Crippen molar-refractivity contribution in [3.8, 4) is 11.5 Å². The third kappa shape index (κ3) is 6.48. The summed E-state index contributed by atoms with van der Waals surface area (Å²) in [6.07, 6.45) is 2.62. The van der Waals surface area contributed by atoms with Crippen LogP contribution in [0.5, 0.6) is 11.5 Å². The van der Waals surface area contributed by atoms with Crippen LogP contribution in [0.2, 0.25) is 0 Å².